The van der Waals surface area contributed by atoms with E-state index in [2.05, 4.69) is 25.3 Å². The molecule has 0 aliphatic rings. The molecule has 0 aliphatic heterocycles. The Hall–Kier alpha value is -0.550. The second-order valence-corrected chi connectivity index (χ2v) is 3.14. The third kappa shape index (κ3) is 20.8. The number of carbonyl (C=O) groups is 1. The van der Waals surface area contributed by atoms with Gasteiger partial charge in [-0.15, -0.1) is 12.6 Å². The third-order valence-electron chi connectivity index (χ3n) is 1.26. The van der Waals surface area contributed by atoms with E-state index in [0.717, 1.165) is 5.56 Å². The second kappa shape index (κ2) is 21.7. The third-order valence-corrected chi connectivity index (χ3v) is 1.43. The maximum absolute atomic E-state index is 10.6. The molecule has 0 amide bonds. The van der Waals surface area contributed by atoms with Crippen LogP contribution in [0.15, 0.2) is 30.3 Å². The van der Waals surface area contributed by atoms with Crippen LogP contribution in [0.1, 0.15) is 31.1 Å². The van der Waals surface area contributed by atoms with Crippen LogP contribution in [0.3, 0.4) is 0 Å². The van der Waals surface area contributed by atoms with E-state index >= 15 is 0 Å². The highest BCUT2D eigenvalue weighted by molar-refractivity contribution is 7.80. The topological polar surface area (TPSA) is 17.1 Å². The number of hydrogen-bond acceptors (Lipinski definition) is 3. The van der Waals surface area contributed by atoms with Gasteiger partial charge in [0, 0.05) is 11.3 Å². The molecule has 1 rings (SSSR count). The molecule has 0 N–H and O–H groups in total. The van der Waals surface area contributed by atoms with Crippen molar-refractivity contribution in [3.05, 3.63) is 35.9 Å². The van der Waals surface area contributed by atoms with Gasteiger partial charge in [0.25, 0.3) is 0 Å². The van der Waals surface area contributed by atoms with Gasteiger partial charge in [-0.2, -0.15) is 12.6 Å². The number of ketones is 1. The van der Waals surface area contributed by atoms with Gasteiger partial charge < -0.3 is 0 Å². The van der Waals surface area contributed by atoms with Crippen molar-refractivity contribution in [2.45, 2.75) is 20.8 Å². The summed E-state index contributed by atoms with van der Waals surface area (Å²) in [5, 5.41) is 0. The zero-order chi connectivity index (χ0) is 14.8. The summed E-state index contributed by atoms with van der Waals surface area (Å²) in [5.74, 6) is 0.468. The van der Waals surface area contributed by atoms with Crippen LogP contribution in [0.5, 0.6) is 0 Å². The fourth-order valence-electron chi connectivity index (χ4n) is 0.673. The van der Waals surface area contributed by atoms with Gasteiger partial charge in [-0.3, -0.25) is 9.18 Å². The summed E-state index contributed by atoms with van der Waals surface area (Å²) in [5.41, 5.74) is 0.775. The lowest BCUT2D eigenvalue weighted by atomic mass is 10.2. The van der Waals surface area contributed by atoms with Crippen molar-refractivity contribution in [1.29, 1.82) is 0 Å². The van der Waals surface area contributed by atoms with Crippen LogP contribution in [-0.4, -0.2) is 24.2 Å². The molecular weight excluding hydrogens is 272 g/mol. The van der Waals surface area contributed by atoms with Crippen LogP contribution < -0.4 is 0 Å². The van der Waals surface area contributed by atoms with Gasteiger partial charge in [-0.1, -0.05) is 44.2 Å². The molecule has 0 heterocycles. The first-order valence-electron chi connectivity index (χ1n) is 5.53. The van der Waals surface area contributed by atoms with Gasteiger partial charge in [-0.25, -0.2) is 4.39 Å². The number of hydrogen-bond donors (Lipinski definition) is 2. The van der Waals surface area contributed by atoms with E-state index in [9.17, 15) is 13.6 Å². The Morgan fingerprint density at radius 1 is 1.11 bits per heavy atom. The molecule has 0 saturated carbocycles. The minimum atomic E-state index is -0.556. The average molecular weight is 294 g/mol. The molecule has 106 valence electrons. The lowest BCUT2D eigenvalue weighted by molar-refractivity contribution is 0.101. The van der Waals surface area contributed by atoms with Crippen LogP contribution >= 0.6 is 25.3 Å². The summed E-state index contributed by atoms with van der Waals surface area (Å²) in [4.78, 5) is 10.6. The van der Waals surface area contributed by atoms with Crippen LogP contribution in [0.4, 0.5) is 8.78 Å². The molecule has 18 heavy (non-hydrogen) atoms. The van der Waals surface area contributed by atoms with E-state index in [1.807, 2.05) is 44.2 Å². The number of carbonyl (C=O) groups excluding carboxylic acids is 1. The minimum Gasteiger partial charge on any atom is -0.295 e. The van der Waals surface area contributed by atoms with Gasteiger partial charge in [0.1, 0.15) is 6.01 Å². The molecule has 0 atom stereocenters. The highest BCUT2D eigenvalue weighted by Gasteiger charge is 1.92. The molecule has 0 saturated heterocycles. The zero-order valence-corrected chi connectivity index (χ0v) is 12.9. The van der Waals surface area contributed by atoms with Crippen molar-refractivity contribution in [3.8, 4) is 0 Å². The van der Waals surface area contributed by atoms with Crippen molar-refractivity contribution in [1.82, 2.24) is 0 Å². The maximum Gasteiger partial charge on any atom is 0.159 e. The maximum atomic E-state index is 10.6. The zero-order valence-electron chi connectivity index (χ0n) is 11.1. The summed E-state index contributed by atoms with van der Waals surface area (Å²) in [6.45, 7) is 5.25. The Morgan fingerprint density at radius 3 is 1.61 bits per heavy atom. The average Bonchev–Trinajstić information content (AvgIpc) is 2.43. The van der Waals surface area contributed by atoms with E-state index in [1.165, 1.54) is 0 Å². The minimum absolute atomic E-state index is 0.121. The Bertz CT molecular complexity index is 254. The van der Waals surface area contributed by atoms with Crippen LogP contribution in [-0.2, 0) is 0 Å². The van der Waals surface area contributed by atoms with E-state index in [4.69, 9.17) is 0 Å². The van der Waals surface area contributed by atoms with E-state index in [0.29, 0.717) is 5.75 Å². The quantitative estimate of drug-likeness (QED) is 0.600. The Balaban J connectivity index is -0.000000212. The second-order valence-electron chi connectivity index (χ2n) is 2.45. The van der Waals surface area contributed by atoms with E-state index < -0.39 is 6.01 Å². The van der Waals surface area contributed by atoms with Crippen LogP contribution in [0, 0.1) is 0 Å². The SMILES string of the molecule is CC.CC(=O)c1ccccc1.[18F]CCS.[18F]CS. The number of alkyl halides is 2. The lowest BCUT2D eigenvalue weighted by Gasteiger charge is -1.89. The number of rotatable bonds is 2. The molecule has 0 bridgehead atoms. The van der Waals surface area contributed by atoms with Crippen molar-refractivity contribution in [3.63, 3.8) is 0 Å². The molecule has 0 aliphatic carbocycles. The summed E-state index contributed by atoms with van der Waals surface area (Å²) in [7, 11) is 0. The molecule has 0 radical (unpaired) electrons. The fraction of sp³-hybridized carbons (Fsp3) is 0.462. The van der Waals surface area contributed by atoms with Crippen molar-refractivity contribution >= 4 is 31.0 Å². The fourth-order valence-corrected chi connectivity index (χ4v) is 0.673. The monoisotopic (exact) mass is 294 g/mol. The highest BCUT2D eigenvalue weighted by Crippen LogP contribution is 1.97. The largest absolute Gasteiger partial charge is 0.295 e. The van der Waals surface area contributed by atoms with Gasteiger partial charge in [-0.05, 0) is 6.92 Å². The number of benzene rings is 1. The van der Waals surface area contributed by atoms with Crippen molar-refractivity contribution < 1.29 is 13.6 Å². The molecule has 1 nitrogen and oxygen atoms in total. The molecule has 0 spiro atoms. The summed E-state index contributed by atoms with van der Waals surface area (Å²) < 4.78 is 20.8. The summed E-state index contributed by atoms with van der Waals surface area (Å²) in [6.07, 6.45) is 0. The first-order chi connectivity index (χ1) is 8.63. The predicted molar refractivity (Wildman–Crippen MR) is 82.6 cm³/mol. The van der Waals surface area contributed by atoms with Gasteiger partial charge in [0.15, 0.2) is 5.78 Å². The smallest absolute Gasteiger partial charge is 0.159 e. The Morgan fingerprint density at radius 2 is 1.44 bits per heavy atom. The molecule has 1 aromatic rings. The van der Waals surface area contributed by atoms with Gasteiger partial charge >= 0.3 is 0 Å². The first kappa shape index (κ1) is 22.6. The predicted octanol–water partition coefficient (Wildman–Crippen LogP) is 4.64. The number of halogens is 2. The van der Waals surface area contributed by atoms with Gasteiger partial charge in [0.2, 0.25) is 0 Å². The van der Waals surface area contributed by atoms with E-state index in [-0.39, 0.29) is 12.5 Å². The molecule has 5 heteroatoms. The number of Topliss-reactive ketones (excluding diaryl/α,β-unsaturated/α-hetero) is 1. The standard InChI is InChI=1S/C8H8O.C2H5FS.C2H6.CH3FS/c1-7(9)8-5-3-2-4-6-8;3-1-2-4;1-2;2-1-3/h2-6H,1H3;4H,1-2H2;1-2H3;3H,1H2/i;3-1;;2-1. The molecule has 0 unspecified atom stereocenters. The summed E-state index contributed by atoms with van der Waals surface area (Å²) >= 11 is 6.67. The number of thiol groups is 2. The Kier molecular flexibility index (Phi) is 27.3. The van der Waals surface area contributed by atoms with Crippen LogP contribution in [0.25, 0.3) is 0 Å². The normalized spacial score (nSPS) is 7.50. The van der Waals surface area contributed by atoms with Crippen LogP contribution in [0.2, 0.25) is 0 Å². The van der Waals surface area contributed by atoms with Crippen molar-refractivity contribution in [2.75, 3.05) is 18.4 Å². The highest BCUT2D eigenvalue weighted by atomic mass is 32.1. The first-order valence-corrected chi connectivity index (χ1v) is 6.80. The molecule has 1 aromatic carbocycles. The van der Waals surface area contributed by atoms with Crippen molar-refractivity contribution in [2.24, 2.45) is 0 Å². The lowest BCUT2D eigenvalue weighted by Crippen LogP contribution is -1.88. The van der Waals surface area contributed by atoms with E-state index in [1.54, 1.807) is 6.92 Å². The molecule has 0 fully saturated rings. The van der Waals surface area contributed by atoms with Gasteiger partial charge in [0.05, 0.1) is 6.67 Å². The summed E-state index contributed by atoms with van der Waals surface area (Å²) in [6, 6.07) is 8.67. The molecule has 0 aromatic heterocycles. The Labute approximate surface area is 120 Å². The molecular formula is C13H22F2OS2.